The van der Waals surface area contributed by atoms with E-state index in [0.29, 0.717) is 0 Å². The van der Waals surface area contributed by atoms with E-state index < -0.39 is 0 Å². The summed E-state index contributed by atoms with van der Waals surface area (Å²) in [7, 11) is 1.99. The van der Waals surface area contributed by atoms with Crippen LogP contribution in [-0.2, 0) is 6.42 Å². The number of nitrogens with one attached hydrogen (secondary N) is 1. The van der Waals surface area contributed by atoms with E-state index in [2.05, 4.69) is 70.4 Å². The number of nitrogens with zero attached hydrogens (tertiary/aromatic N) is 1. The van der Waals surface area contributed by atoms with Crippen molar-refractivity contribution in [2.24, 2.45) is 0 Å². The number of hydrogen-bond donors (Lipinski definition) is 1. The fraction of sp³-hybridized carbons (Fsp3) is 0.312. The highest BCUT2D eigenvalue weighted by Crippen LogP contribution is 2.26. The molecule has 0 saturated heterocycles. The molecule has 1 N–H and O–H groups in total. The van der Waals surface area contributed by atoms with Gasteiger partial charge in [-0.1, -0.05) is 39.7 Å². The van der Waals surface area contributed by atoms with Crippen LogP contribution >= 0.6 is 15.9 Å². The summed E-state index contributed by atoms with van der Waals surface area (Å²) in [5.74, 6) is 0. The smallest absolute Gasteiger partial charge is 0.0422 e. The largest absolute Gasteiger partial charge is 0.313 e. The van der Waals surface area contributed by atoms with Gasteiger partial charge in [-0.2, -0.15) is 0 Å². The Morgan fingerprint density at radius 1 is 1.16 bits per heavy atom. The molecule has 1 atom stereocenters. The Hall–Kier alpha value is -1.19. The standard InChI is InChI=1S/C16H19BrN2/c1-11-5-7-15(17)14(8-11)16(18-3)9-13-6-4-12(2)10-19-13/h4-8,10,16,18H,9H2,1-3H3. The maximum absolute atomic E-state index is 4.49. The molecule has 19 heavy (non-hydrogen) atoms. The van der Waals surface area contributed by atoms with Crippen LogP contribution in [0.3, 0.4) is 0 Å². The fourth-order valence-electron chi connectivity index (χ4n) is 2.13. The molecule has 1 heterocycles. The molecule has 2 nitrogen and oxygen atoms in total. The Kier molecular flexibility index (Phi) is 4.72. The summed E-state index contributed by atoms with van der Waals surface area (Å²) < 4.78 is 1.14. The van der Waals surface area contributed by atoms with Gasteiger partial charge < -0.3 is 5.32 Å². The topological polar surface area (TPSA) is 24.9 Å². The number of benzene rings is 1. The molecular formula is C16H19BrN2. The van der Waals surface area contributed by atoms with Crippen LogP contribution in [0.15, 0.2) is 41.0 Å². The maximum Gasteiger partial charge on any atom is 0.0422 e. The Labute approximate surface area is 123 Å². The first-order valence-corrected chi connectivity index (χ1v) is 7.24. The van der Waals surface area contributed by atoms with Crippen molar-refractivity contribution in [1.82, 2.24) is 10.3 Å². The minimum absolute atomic E-state index is 0.268. The molecular weight excluding hydrogens is 300 g/mol. The van der Waals surface area contributed by atoms with Crippen molar-refractivity contribution < 1.29 is 0 Å². The van der Waals surface area contributed by atoms with Gasteiger partial charge in [-0.05, 0) is 44.2 Å². The van der Waals surface area contributed by atoms with Crippen LogP contribution in [0, 0.1) is 13.8 Å². The number of halogens is 1. The molecule has 2 rings (SSSR count). The average molecular weight is 319 g/mol. The molecule has 0 amide bonds. The number of pyridine rings is 1. The van der Waals surface area contributed by atoms with E-state index >= 15 is 0 Å². The van der Waals surface area contributed by atoms with Crippen molar-refractivity contribution in [3.63, 3.8) is 0 Å². The predicted molar refractivity (Wildman–Crippen MR) is 83.4 cm³/mol. The lowest BCUT2D eigenvalue weighted by molar-refractivity contribution is 0.581. The van der Waals surface area contributed by atoms with Crippen molar-refractivity contribution >= 4 is 15.9 Å². The van der Waals surface area contributed by atoms with E-state index in [9.17, 15) is 0 Å². The van der Waals surface area contributed by atoms with Crippen molar-refractivity contribution in [2.45, 2.75) is 26.3 Å². The lowest BCUT2D eigenvalue weighted by Gasteiger charge is -2.18. The third-order valence-corrected chi connectivity index (χ3v) is 3.98. The zero-order chi connectivity index (χ0) is 13.8. The summed E-state index contributed by atoms with van der Waals surface area (Å²) in [6.07, 6.45) is 2.81. The molecule has 0 fully saturated rings. The highest BCUT2D eigenvalue weighted by Gasteiger charge is 2.14. The van der Waals surface area contributed by atoms with Crippen LogP contribution in [0.5, 0.6) is 0 Å². The van der Waals surface area contributed by atoms with Crippen molar-refractivity contribution in [1.29, 1.82) is 0 Å². The van der Waals surface area contributed by atoms with Gasteiger partial charge in [-0.25, -0.2) is 0 Å². The third kappa shape index (κ3) is 3.64. The van der Waals surface area contributed by atoms with Crippen molar-refractivity contribution in [2.75, 3.05) is 7.05 Å². The highest BCUT2D eigenvalue weighted by atomic mass is 79.9. The Morgan fingerprint density at radius 3 is 2.53 bits per heavy atom. The number of aromatic nitrogens is 1. The molecule has 1 aromatic carbocycles. The first-order chi connectivity index (χ1) is 9.10. The second-order valence-corrected chi connectivity index (χ2v) is 5.75. The lowest BCUT2D eigenvalue weighted by Crippen LogP contribution is -2.20. The van der Waals surface area contributed by atoms with Crippen molar-refractivity contribution in [3.05, 3.63) is 63.4 Å². The van der Waals surface area contributed by atoms with Gasteiger partial charge in [0, 0.05) is 28.8 Å². The monoisotopic (exact) mass is 318 g/mol. The summed E-state index contributed by atoms with van der Waals surface area (Å²) in [6.45, 7) is 4.18. The molecule has 2 aromatic rings. The van der Waals surface area contributed by atoms with Gasteiger partial charge in [-0.15, -0.1) is 0 Å². The van der Waals surface area contributed by atoms with Crippen LogP contribution in [0.4, 0.5) is 0 Å². The molecule has 0 bridgehead atoms. The summed E-state index contributed by atoms with van der Waals surface area (Å²) in [4.78, 5) is 4.49. The summed E-state index contributed by atoms with van der Waals surface area (Å²) in [6, 6.07) is 10.9. The molecule has 0 aliphatic carbocycles. The zero-order valence-corrected chi connectivity index (χ0v) is 13.2. The maximum atomic E-state index is 4.49. The Morgan fingerprint density at radius 2 is 1.89 bits per heavy atom. The van der Waals surface area contributed by atoms with Gasteiger partial charge in [-0.3, -0.25) is 4.98 Å². The second-order valence-electron chi connectivity index (χ2n) is 4.90. The molecule has 0 saturated carbocycles. The third-order valence-electron chi connectivity index (χ3n) is 3.26. The molecule has 1 unspecified atom stereocenters. The summed E-state index contributed by atoms with van der Waals surface area (Å²) >= 11 is 3.64. The summed E-state index contributed by atoms with van der Waals surface area (Å²) in [5.41, 5.74) is 4.86. The molecule has 0 aliphatic heterocycles. The van der Waals surface area contributed by atoms with Gasteiger partial charge in [0.25, 0.3) is 0 Å². The number of rotatable bonds is 4. The van der Waals surface area contributed by atoms with Crippen LogP contribution in [0.2, 0.25) is 0 Å². The van der Waals surface area contributed by atoms with E-state index in [4.69, 9.17) is 0 Å². The molecule has 1 aromatic heterocycles. The van der Waals surface area contributed by atoms with Crippen molar-refractivity contribution in [3.8, 4) is 0 Å². The van der Waals surface area contributed by atoms with Crippen LogP contribution in [-0.4, -0.2) is 12.0 Å². The first-order valence-electron chi connectivity index (χ1n) is 6.45. The highest BCUT2D eigenvalue weighted by molar-refractivity contribution is 9.10. The molecule has 0 aliphatic rings. The van der Waals surface area contributed by atoms with E-state index in [1.807, 2.05) is 13.2 Å². The van der Waals surface area contributed by atoms with E-state index in [1.165, 1.54) is 16.7 Å². The van der Waals surface area contributed by atoms with E-state index in [-0.39, 0.29) is 6.04 Å². The number of hydrogen-bond acceptors (Lipinski definition) is 2. The molecule has 0 spiro atoms. The number of likely N-dealkylation sites (N-methyl/N-ethyl adjacent to an activating group) is 1. The Balaban J connectivity index is 2.24. The van der Waals surface area contributed by atoms with Gasteiger partial charge in [0.05, 0.1) is 0 Å². The van der Waals surface area contributed by atoms with E-state index in [0.717, 1.165) is 16.6 Å². The fourth-order valence-corrected chi connectivity index (χ4v) is 2.65. The lowest BCUT2D eigenvalue weighted by atomic mass is 10.00. The number of aryl methyl sites for hydroxylation is 2. The minimum Gasteiger partial charge on any atom is -0.313 e. The van der Waals surface area contributed by atoms with Crippen LogP contribution in [0.1, 0.15) is 28.4 Å². The predicted octanol–water partition coefficient (Wildman–Crippen LogP) is 3.96. The molecule has 3 heteroatoms. The van der Waals surface area contributed by atoms with Gasteiger partial charge >= 0.3 is 0 Å². The van der Waals surface area contributed by atoms with Crippen LogP contribution < -0.4 is 5.32 Å². The van der Waals surface area contributed by atoms with Gasteiger partial charge in [0.15, 0.2) is 0 Å². The SMILES string of the molecule is CNC(Cc1ccc(C)cn1)c1cc(C)ccc1Br. The van der Waals surface area contributed by atoms with Gasteiger partial charge in [0.2, 0.25) is 0 Å². The molecule has 100 valence electrons. The first kappa shape index (κ1) is 14.2. The normalized spacial score (nSPS) is 12.4. The molecule has 0 radical (unpaired) electrons. The second kappa shape index (κ2) is 6.31. The zero-order valence-electron chi connectivity index (χ0n) is 11.6. The minimum atomic E-state index is 0.268. The summed E-state index contributed by atoms with van der Waals surface area (Å²) in [5, 5.41) is 3.38. The van der Waals surface area contributed by atoms with E-state index in [1.54, 1.807) is 0 Å². The quantitative estimate of drug-likeness (QED) is 0.922. The van der Waals surface area contributed by atoms with Gasteiger partial charge in [0.1, 0.15) is 0 Å². The Bertz CT molecular complexity index is 549. The van der Waals surface area contributed by atoms with Crippen LogP contribution in [0.25, 0.3) is 0 Å². The average Bonchev–Trinajstić information content (AvgIpc) is 2.41.